The van der Waals surface area contributed by atoms with Gasteiger partial charge in [-0.25, -0.2) is 4.79 Å². The molecule has 0 aromatic heterocycles. The van der Waals surface area contributed by atoms with E-state index in [0.29, 0.717) is 0 Å². The lowest BCUT2D eigenvalue weighted by Gasteiger charge is -1.98. The van der Waals surface area contributed by atoms with Crippen molar-refractivity contribution in [2.45, 2.75) is 19.8 Å². The number of carbonyl (C=O) groups is 1. The predicted molar refractivity (Wildman–Crippen MR) is 72.2 cm³/mol. The van der Waals surface area contributed by atoms with E-state index >= 15 is 0 Å². The fraction of sp³-hybridized carbons (Fsp3) is 0.267. The van der Waals surface area contributed by atoms with Gasteiger partial charge in [-0.05, 0) is 36.3 Å². The van der Waals surface area contributed by atoms with Gasteiger partial charge in [0.25, 0.3) is 0 Å². The lowest BCUT2D eigenvalue weighted by Crippen LogP contribution is -1.93. The van der Waals surface area contributed by atoms with Crippen molar-refractivity contribution in [1.29, 1.82) is 0 Å². The van der Waals surface area contributed by atoms with Crippen LogP contribution >= 0.6 is 0 Å². The summed E-state index contributed by atoms with van der Waals surface area (Å²) in [6.45, 7) is 2.07. The number of ether oxygens (including phenoxy) is 2. The number of carbonyl (C=O) groups excluding carboxylic acids is 1. The zero-order valence-corrected chi connectivity index (χ0v) is 10.8. The summed E-state index contributed by atoms with van der Waals surface area (Å²) in [6.07, 6.45) is 8.32. The average Bonchev–Trinajstić information content (AvgIpc) is 2.42. The zero-order chi connectivity index (χ0) is 13.2. The molecule has 1 rings (SSSR count). The topological polar surface area (TPSA) is 35.5 Å². The highest BCUT2D eigenvalue weighted by Gasteiger charge is 1.94. The number of benzene rings is 1. The summed E-state index contributed by atoms with van der Waals surface area (Å²) in [6, 6.07) is 7.42. The van der Waals surface area contributed by atoms with Crippen molar-refractivity contribution >= 4 is 12.0 Å². The molecule has 0 unspecified atom stereocenters. The Morgan fingerprint density at radius 2 is 2.00 bits per heavy atom. The maximum absolute atomic E-state index is 11.3. The summed E-state index contributed by atoms with van der Waals surface area (Å²) in [5.41, 5.74) is 0.922. The van der Waals surface area contributed by atoms with Gasteiger partial charge in [-0.1, -0.05) is 25.5 Å². The Bertz CT molecular complexity index is 416. The number of hydrogen-bond acceptors (Lipinski definition) is 3. The Labute approximate surface area is 108 Å². The van der Waals surface area contributed by atoms with E-state index in [1.807, 2.05) is 30.3 Å². The third-order valence-electron chi connectivity index (χ3n) is 2.26. The van der Waals surface area contributed by atoms with Crippen LogP contribution in [0.1, 0.15) is 25.3 Å². The summed E-state index contributed by atoms with van der Waals surface area (Å²) < 4.78 is 9.93. The average molecular weight is 246 g/mol. The molecule has 18 heavy (non-hydrogen) atoms. The van der Waals surface area contributed by atoms with Crippen LogP contribution in [-0.4, -0.2) is 13.1 Å². The minimum Gasteiger partial charge on any atom is -0.497 e. The molecule has 0 N–H and O–H groups in total. The van der Waals surface area contributed by atoms with E-state index in [1.54, 1.807) is 13.2 Å². The van der Waals surface area contributed by atoms with Crippen molar-refractivity contribution in [3.63, 3.8) is 0 Å². The number of hydrogen-bond donors (Lipinski definition) is 0. The summed E-state index contributed by atoms with van der Waals surface area (Å²) in [5.74, 6) is 0.412. The third kappa shape index (κ3) is 5.34. The van der Waals surface area contributed by atoms with E-state index in [0.717, 1.165) is 24.2 Å². The number of esters is 1. The van der Waals surface area contributed by atoms with E-state index in [1.165, 1.54) is 12.3 Å². The molecule has 0 saturated heterocycles. The maximum Gasteiger partial charge on any atom is 0.335 e. The lowest BCUT2D eigenvalue weighted by atomic mass is 10.2. The molecule has 0 spiro atoms. The number of unbranched alkanes of at least 4 members (excludes halogenated alkanes) is 1. The molecular formula is C15H18O3. The molecule has 0 amide bonds. The standard InChI is InChI=1S/C15H18O3/c1-3-4-5-12-18-15(16)11-8-13-6-9-14(17-2)10-7-13/h5-12H,3-4H2,1-2H3/b11-8+,12-5?. The largest absolute Gasteiger partial charge is 0.497 e. The second-order valence-electron chi connectivity index (χ2n) is 3.70. The molecule has 0 bridgehead atoms. The van der Waals surface area contributed by atoms with Crippen LogP contribution in [0.2, 0.25) is 0 Å². The van der Waals surface area contributed by atoms with Crippen LogP contribution in [0.3, 0.4) is 0 Å². The summed E-state index contributed by atoms with van der Waals surface area (Å²) in [5, 5.41) is 0. The van der Waals surface area contributed by atoms with Crippen LogP contribution in [-0.2, 0) is 9.53 Å². The Kier molecular flexibility index (Phi) is 6.33. The van der Waals surface area contributed by atoms with Crippen molar-refractivity contribution in [3.05, 3.63) is 48.2 Å². The van der Waals surface area contributed by atoms with E-state index in [2.05, 4.69) is 6.92 Å². The van der Waals surface area contributed by atoms with Crippen LogP contribution in [0.15, 0.2) is 42.7 Å². The minimum absolute atomic E-state index is 0.377. The van der Waals surface area contributed by atoms with Crippen LogP contribution in [0.5, 0.6) is 5.75 Å². The van der Waals surface area contributed by atoms with Gasteiger partial charge >= 0.3 is 5.97 Å². The van der Waals surface area contributed by atoms with Crippen LogP contribution < -0.4 is 4.74 Å². The van der Waals surface area contributed by atoms with Gasteiger partial charge in [0.15, 0.2) is 0 Å². The molecular weight excluding hydrogens is 228 g/mol. The normalized spacial score (nSPS) is 11.0. The SMILES string of the molecule is CCCC=COC(=O)/C=C/c1ccc(OC)cc1. The first-order valence-electron chi connectivity index (χ1n) is 5.94. The van der Waals surface area contributed by atoms with Crippen molar-refractivity contribution < 1.29 is 14.3 Å². The third-order valence-corrected chi connectivity index (χ3v) is 2.26. The Hall–Kier alpha value is -2.03. The summed E-state index contributed by atoms with van der Waals surface area (Å²) in [4.78, 5) is 11.3. The molecule has 0 aliphatic carbocycles. The molecule has 3 nitrogen and oxygen atoms in total. The van der Waals surface area contributed by atoms with Gasteiger partial charge in [-0.15, -0.1) is 0 Å². The van der Waals surface area contributed by atoms with Crippen molar-refractivity contribution in [1.82, 2.24) is 0 Å². The maximum atomic E-state index is 11.3. The van der Waals surface area contributed by atoms with Gasteiger partial charge < -0.3 is 9.47 Å². The molecule has 0 atom stereocenters. The Morgan fingerprint density at radius 1 is 1.28 bits per heavy atom. The molecule has 0 fully saturated rings. The van der Waals surface area contributed by atoms with Crippen LogP contribution in [0.4, 0.5) is 0 Å². The molecule has 3 heteroatoms. The first kappa shape index (κ1) is 14.0. The van der Waals surface area contributed by atoms with E-state index < -0.39 is 0 Å². The second-order valence-corrected chi connectivity index (χ2v) is 3.70. The molecule has 0 aliphatic rings. The van der Waals surface area contributed by atoms with Gasteiger partial charge in [0.1, 0.15) is 5.75 Å². The molecule has 1 aromatic rings. The van der Waals surface area contributed by atoms with Gasteiger partial charge in [0, 0.05) is 6.08 Å². The van der Waals surface area contributed by atoms with Crippen molar-refractivity contribution in [3.8, 4) is 5.75 Å². The second kappa shape index (κ2) is 8.12. The van der Waals surface area contributed by atoms with Gasteiger partial charge in [-0.2, -0.15) is 0 Å². The fourth-order valence-corrected chi connectivity index (χ4v) is 1.27. The quantitative estimate of drug-likeness (QED) is 0.437. The Balaban J connectivity index is 2.44. The van der Waals surface area contributed by atoms with Gasteiger partial charge in [0.05, 0.1) is 13.4 Å². The molecule has 0 radical (unpaired) electrons. The number of methoxy groups -OCH3 is 1. The van der Waals surface area contributed by atoms with Crippen LogP contribution in [0, 0.1) is 0 Å². The Morgan fingerprint density at radius 3 is 2.61 bits per heavy atom. The first-order chi connectivity index (χ1) is 8.76. The molecule has 0 heterocycles. The highest BCUT2D eigenvalue weighted by Crippen LogP contribution is 2.12. The van der Waals surface area contributed by atoms with E-state index in [9.17, 15) is 4.79 Å². The monoisotopic (exact) mass is 246 g/mol. The molecule has 0 saturated carbocycles. The van der Waals surface area contributed by atoms with E-state index in [-0.39, 0.29) is 5.97 Å². The first-order valence-corrected chi connectivity index (χ1v) is 5.94. The highest BCUT2D eigenvalue weighted by molar-refractivity contribution is 5.87. The van der Waals surface area contributed by atoms with Crippen LogP contribution in [0.25, 0.3) is 6.08 Å². The van der Waals surface area contributed by atoms with Gasteiger partial charge in [0.2, 0.25) is 0 Å². The smallest absolute Gasteiger partial charge is 0.335 e. The minimum atomic E-state index is -0.377. The molecule has 1 aromatic carbocycles. The highest BCUT2D eigenvalue weighted by atomic mass is 16.5. The van der Waals surface area contributed by atoms with Crippen molar-refractivity contribution in [2.24, 2.45) is 0 Å². The van der Waals surface area contributed by atoms with Crippen molar-refractivity contribution in [2.75, 3.05) is 7.11 Å². The molecule has 96 valence electrons. The predicted octanol–water partition coefficient (Wildman–Crippen LogP) is 3.57. The summed E-state index contributed by atoms with van der Waals surface area (Å²) in [7, 11) is 1.62. The van der Waals surface area contributed by atoms with Gasteiger partial charge in [-0.3, -0.25) is 0 Å². The lowest BCUT2D eigenvalue weighted by molar-refractivity contribution is -0.132. The number of rotatable bonds is 6. The zero-order valence-electron chi connectivity index (χ0n) is 10.8. The molecule has 0 aliphatic heterocycles. The fourth-order valence-electron chi connectivity index (χ4n) is 1.27. The van der Waals surface area contributed by atoms with E-state index in [4.69, 9.17) is 9.47 Å². The summed E-state index contributed by atoms with van der Waals surface area (Å²) >= 11 is 0. The number of allylic oxidation sites excluding steroid dienone is 1.